The molecule has 0 aliphatic heterocycles. The van der Waals surface area contributed by atoms with Crippen molar-refractivity contribution in [1.82, 2.24) is 31.9 Å². The summed E-state index contributed by atoms with van der Waals surface area (Å²) in [5.74, 6) is -7.07. The average Bonchev–Trinajstić information content (AvgIpc) is 3.37. The molecule has 0 saturated heterocycles. The number of aliphatic carboxylic acids is 1. The molecule has 3 aromatic rings. The second-order valence-corrected chi connectivity index (χ2v) is 18.2. The van der Waals surface area contributed by atoms with Gasteiger partial charge < -0.3 is 88.0 Å². The van der Waals surface area contributed by atoms with E-state index in [2.05, 4.69) is 59.5 Å². The first-order chi connectivity index (χ1) is 36.2. The van der Waals surface area contributed by atoms with E-state index < -0.39 is 83.7 Å². The maximum Gasteiger partial charge on any atom is 0.326 e. The fourth-order valence-corrected chi connectivity index (χ4v) is 7.92. The lowest BCUT2D eigenvalue weighted by atomic mass is 10.00. The summed E-state index contributed by atoms with van der Waals surface area (Å²) >= 11 is 4.37. The second-order valence-electron chi connectivity index (χ2n) is 17.9. The lowest BCUT2D eigenvalue weighted by Crippen LogP contribution is -2.60. The van der Waals surface area contributed by atoms with Crippen molar-refractivity contribution in [2.24, 2.45) is 60.8 Å². The molecule has 416 valence electrons. The van der Waals surface area contributed by atoms with Crippen LogP contribution in [0, 0.1) is 0 Å². The van der Waals surface area contributed by atoms with E-state index in [1.54, 1.807) is 6.07 Å². The molecule has 76 heavy (non-hydrogen) atoms. The van der Waals surface area contributed by atoms with E-state index in [-0.39, 0.29) is 100 Å². The molecule has 0 saturated carbocycles. The van der Waals surface area contributed by atoms with E-state index in [9.17, 15) is 43.8 Å². The van der Waals surface area contributed by atoms with E-state index in [1.807, 2.05) is 36.4 Å². The summed E-state index contributed by atoms with van der Waals surface area (Å²) < 4.78 is 0. The van der Waals surface area contributed by atoms with Gasteiger partial charge in [0.2, 0.25) is 35.4 Å². The van der Waals surface area contributed by atoms with Gasteiger partial charge in [-0.2, -0.15) is 12.6 Å². The summed E-state index contributed by atoms with van der Waals surface area (Å²) in [6, 6.07) is 9.48. The molecule has 0 aromatic heterocycles. The third-order valence-electron chi connectivity index (χ3n) is 11.7. The third-order valence-corrected chi connectivity index (χ3v) is 12.1. The van der Waals surface area contributed by atoms with Crippen LogP contribution in [0.4, 0.5) is 0 Å². The molecular weight excluding hydrogens is 1000 g/mol. The Labute approximate surface area is 446 Å². The Morgan fingerprint density at radius 3 is 1.39 bits per heavy atom. The van der Waals surface area contributed by atoms with Gasteiger partial charge in [0, 0.05) is 38.2 Å². The maximum absolute atomic E-state index is 14.5. The fraction of sp³-hybridized carbons (Fsp3) is 0.469. The van der Waals surface area contributed by atoms with Crippen LogP contribution in [0.1, 0.15) is 68.9 Å². The molecule has 0 heterocycles. The zero-order valence-corrected chi connectivity index (χ0v) is 43.3. The normalized spacial score (nSPS) is 13.7. The van der Waals surface area contributed by atoms with E-state index in [0.717, 1.165) is 10.8 Å². The first-order valence-corrected chi connectivity index (χ1v) is 25.4. The monoisotopic (exact) mass is 1080 g/mol. The van der Waals surface area contributed by atoms with Gasteiger partial charge in [0.05, 0.1) is 6.04 Å². The molecule has 0 radical (unpaired) electrons. The largest absolute Gasteiger partial charge is 0.508 e. The quantitative estimate of drug-likeness (QED) is 0.0122. The summed E-state index contributed by atoms with van der Waals surface area (Å²) in [5, 5.41) is 37.5. The molecule has 0 fully saturated rings. The van der Waals surface area contributed by atoms with E-state index >= 15 is 0 Å². The molecule has 7 atom stereocenters. The number of amides is 6. The van der Waals surface area contributed by atoms with Gasteiger partial charge in [-0.3, -0.25) is 43.7 Å². The number of nitrogens with zero attached hydrogens (tertiary/aromatic N) is 3. The minimum absolute atomic E-state index is 0.0132. The number of nitrogens with two attached hydrogens (primary N) is 8. The standard InChI is InChI=1S/C49H75N17O9S/c50-20-4-3-11-36(46(74)75)63-41(69)35(13-7-23-60-49(56)57)62-43(71)37(25-28-15-18-32(67)19-16-28)65-45(73)39(27-76)66-44(72)38(26-29-14-17-30-8-1-2-9-31(30)24-29)64-42(70)34(12-6-22-59-48(54)55)61-40(68)33(51)10-5-21-58-47(52)53/h1-2,8-9,14-19,24,33-39,67,76H,3-7,10-13,20-23,25-27,50-51H2,(H,61,68)(H,62,71)(H,63,69)(H,64,70)(H,65,73)(H,66,72)(H,74,75)(H4,52,53,58)(H4,54,55,59)(H4,56,57,60)/t33-,34-,35-,36-,37-,38-,39-/m0/s1. The zero-order valence-electron chi connectivity index (χ0n) is 42.4. The Balaban J connectivity index is 1.97. The van der Waals surface area contributed by atoms with Crippen LogP contribution in [-0.2, 0) is 46.4 Å². The number of aromatic hydroxyl groups is 1. The molecule has 0 unspecified atom stereocenters. The van der Waals surface area contributed by atoms with Crippen LogP contribution in [0.5, 0.6) is 5.75 Å². The SMILES string of the molecule is NCCCC[C@H](NC(=O)[C@H](CCCN=C(N)N)NC(=O)[C@H](Cc1ccc(O)cc1)NC(=O)[C@H](CS)NC(=O)[C@H](Cc1ccc2ccccc2c1)NC(=O)[C@H](CCCN=C(N)N)NC(=O)[C@@H](N)CCCN=C(N)N)C(=O)O. The van der Waals surface area contributed by atoms with Crippen LogP contribution in [-0.4, -0.2) is 144 Å². The van der Waals surface area contributed by atoms with Crippen molar-refractivity contribution >= 4 is 82.7 Å². The summed E-state index contributed by atoms with van der Waals surface area (Å²) in [6.45, 7) is 0.687. The van der Waals surface area contributed by atoms with Gasteiger partial charge in [0.1, 0.15) is 42.0 Å². The molecule has 0 spiro atoms. The van der Waals surface area contributed by atoms with Gasteiger partial charge in [0.15, 0.2) is 17.9 Å². The Kier molecular flexibility index (Phi) is 27.2. The molecule has 27 heteroatoms. The maximum atomic E-state index is 14.5. The molecular formula is C49H75N17O9S. The number of thiol groups is 1. The number of carboxylic acid groups (broad SMARTS) is 1. The van der Waals surface area contributed by atoms with Gasteiger partial charge >= 0.3 is 5.97 Å². The molecule has 26 nitrogen and oxygen atoms in total. The molecule has 6 amide bonds. The second kappa shape index (κ2) is 33.1. The van der Waals surface area contributed by atoms with Crippen molar-refractivity contribution in [3.8, 4) is 5.75 Å². The van der Waals surface area contributed by atoms with Crippen LogP contribution in [0.3, 0.4) is 0 Å². The Hall–Kier alpha value is -7.91. The molecule has 3 rings (SSSR count). The smallest absolute Gasteiger partial charge is 0.326 e. The molecule has 3 aromatic carbocycles. The van der Waals surface area contributed by atoms with E-state index in [4.69, 9.17) is 45.9 Å². The minimum Gasteiger partial charge on any atom is -0.508 e. The Morgan fingerprint density at radius 2 is 0.895 bits per heavy atom. The summed E-state index contributed by atoms with van der Waals surface area (Å²) in [6.07, 6.45) is 1.54. The molecule has 0 aliphatic rings. The summed E-state index contributed by atoms with van der Waals surface area (Å²) in [5.41, 5.74) is 45.6. The predicted octanol–water partition coefficient (Wildman–Crippen LogP) is -3.13. The number of unbranched alkanes of at least 4 members (excludes halogenated alkanes) is 1. The fourth-order valence-electron chi connectivity index (χ4n) is 7.67. The van der Waals surface area contributed by atoms with Crippen molar-refractivity contribution in [3.05, 3.63) is 77.9 Å². The highest BCUT2D eigenvalue weighted by molar-refractivity contribution is 7.80. The first kappa shape index (κ1) is 62.4. The number of hydrogen-bond donors (Lipinski definition) is 17. The Morgan fingerprint density at radius 1 is 0.487 bits per heavy atom. The number of rotatable bonds is 34. The lowest BCUT2D eigenvalue weighted by Gasteiger charge is -2.27. The molecule has 0 bridgehead atoms. The summed E-state index contributed by atoms with van der Waals surface area (Å²) in [7, 11) is 0. The van der Waals surface area contributed by atoms with Crippen molar-refractivity contribution in [1.29, 1.82) is 0 Å². The number of nitrogens with one attached hydrogen (secondary N) is 6. The average molecular weight is 1080 g/mol. The van der Waals surface area contributed by atoms with Crippen LogP contribution >= 0.6 is 12.6 Å². The van der Waals surface area contributed by atoms with Crippen molar-refractivity contribution in [2.45, 2.75) is 113 Å². The van der Waals surface area contributed by atoms with Crippen LogP contribution in [0.25, 0.3) is 10.8 Å². The van der Waals surface area contributed by atoms with Crippen molar-refractivity contribution < 1.29 is 43.8 Å². The van der Waals surface area contributed by atoms with Gasteiger partial charge in [-0.1, -0.05) is 54.6 Å². The third kappa shape index (κ3) is 23.1. The molecule has 24 N–H and O–H groups in total. The number of aliphatic imine (C=N–C) groups is 3. The van der Waals surface area contributed by atoms with Gasteiger partial charge in [-0.25, -0.2) is 4.79 Å². The predicted molar refractivity (Wildman–Crippen MR) is 293 cm³/mol. The topological polar surface area (TPSA) is 477 Å². The number of guanidine groups is 3. The number of carbonyl (C=O) groups is 7. The van der Waals surface area contributed by atoms with Gasteiger partial charge in [-0.15, -0.1) is 0 Å². The zero-order chi connectivity index (χ0) is 56.2. The van der Waals surface area contributed by atoms with Crippen molar-refractivity contribution in [3.63, 3.8) is 0 Å². The first-order valence-electron chi connectivity index (χ1n) is 24.7. The highest BCUT2D eigenvalue weighted by Crippen LogP contribution is 2.18. The number of carboxylic acids is 1. The number of benzene rings is 3. The number of hydrogen-bond acceptors (Lipinski definition) is 14. The van der Waals surface area contributed by atoms with Crippen LogP contribution in [0.2, 0.25) is 0 Å². The minimum atomic E-state index is -1.45. The Bertz CT molecular complexity index is 2490. The summed E-state index contributed by atoms with van der Waals surface area (Å²) in [4.78, 5) is 108. The molecule has 0 aliphatic carbocycles. The highest BCUT2D eigenvalue weighted by atomic mass is 32.1. The number of phenols is 1. The van der Waals surface area contributed by atoms with Crippen molar-refractivity contribution in [2.75, 3.05) is 31.9 Å². The van der Waals surface area contributed by atoms with Gasteiger partial charge in [-0.05, 0) is 98.4 Å². The number of fused-ring (bicyclic) bond motifs is 1. The lowest BCUT2D eigenvalue weighted by molar-refractivity contribution is -0.142. The highest BCUT2D eigenvalue weighted by Gasteiger charge is 2.34. The van der Waals surface area contributed by atoms with Crippen LogP contribution < -0.4 is 77.8 Å². The van der Waals surface area contributed by atoms with E-state index in [0.29, 0.717) is 36.9 Å². The van der Waals surface area contributed by atoms with E-state index in [1.165, 1.54) is 24.3 Å². The number of phenolic OH excluding ortho intramolecular Hbond substituents is 1. The van der Waals surface area contributed by atoms with Gasteiger partial charge in [0.25, 0.3) is 0 Å². The van der Waals surface area contributed by atoms with Crippen LogP contribution in [0.15, 0.2) is 81.7 Å². The number of carbonyl (C=O) groups excluding carboxylic acids is 6.